The molecule has 0 amide bonds. The summed E-state index contributed by atoms with van der Waals surface area (Å²) in [6, 6.07) is 0. The lowest BCUT2D eigenvalue weighted by Crippen LogP contribution is -2.68. The van der Waals surface area contributed by atoms with Gasteiger partial charge in [-0.1, -0.05) is 53.2 Å². The van der Waals surface area contributed by atoms with Gasteiger partial charge in [-0.3, -0.25) is 0 Å². The van der Waals surface area contributed by atoms with Gasteiger partial charge in [0.15, 0.2) is 31.1 Å². The first kappa shape index (κ1) is 50.5. The number of carboxylic acid groups (broad SMARTS) is 2. The van der Waals surface area contributed by atoms with Gasteiger partial charge in [-0.15, -0.1) is 0 Å². The molecule has 25 atom stereocenters. The van der Waals surface area contributed by atoms with Crippen LogP contribution in [0, 0.1) is 50.7 Å². The van der Waals surface area contributed by atoms with Crippen LogP contribution in [0.4, 0.5) is 0 Å². The molecular formula is C47H74O19. The average molecular weight is 943 g/mol. The lowest BCUT2D eigenvalue weighted by atomic mass is 9.34. The maximum absolute atomic E-state index is 12.5. The number of carboxylic acids is 2. The summed E-state index contributed by atoms with van der Waals surface area (Å²) in [6.45, 7) is 14.6. The Balaban J connectivity index is 1.08. The number of carbonyl (C=O) groups is 2. The van der Waals surface area contributed by atoms with Gasteiger partial charge in [0, 0.05) is 5.41 Å². The molecule has 19 nitrogen and oxygen atoms in total. The molecule has 3 saturated heterocycles. The number of aliphatic carboxylic acids is 2. The standard InChI is InChI=1S/C47H74O19/c1-19-27(50)28(51)33(56)40(61-19)65-37-32(55)30(53)35(39(59)60)64-42(37)66-36-31(54)29(52)34(38(57)58)63-41(36)62-26-12-13-44(4)24(45(26,5)18-48)11-15-47(7)25(44)9-8-22-21-16-43(2,3)17-23(49)20(21)10-14-46(22,47)6/h8,19-21,23-37,40-42,48-56H,9-18H2,1-7H3,(H,57,58)(H,59,60)/t19-,20-,21-,23-,24+,25+,26-,27-,28+,29+,30+,31+,32+,33-,34+,35+,36-,37-,40+,41-,42+,44-,45-,46+,47+/m0/s1. The van der Waals surface area contributed by atoms with Crippen LogP contribution < -0.4 is 0 Å². The summed E-state index contributed by atoms with van der Waals surface area (Å²) < 4.78 is 35.6. The van der Waals surface area contributed by atoms with Crippen LogP contribution in [-0.4, -0.2) is 179 Å². The number of allylic oxidation sites excluding steroid dienone is 2. The quantitative estimate of drug-likeness (QED) is 0.110. The third-order valence-corrected chi connectivity index (χ3v) is 18.8. The van der Waals surface area contributed by atoms with Crippen LogP contribution in [0.25, 0.3) is 0 Å². The summed E-state index contributed by atoms with van der Waals surface area (Å²) in [5, 5.41) is 119. The summed E-state index contributed by atoms with van der Waals surface area (Å²) in [4.78, 5) is 24.7. The minimum absolute atomic E-state index is 0.0265. The third kappa shape index (κ3) is 7.91. The number of hydrogen-bond acceptors (Lipinski definition) is 17. The van der Waals surface area contributed by atoms with E-state index in [1.165, 1.54) is 12.5 Å². The van der Waals surface area contributed by atoms with Crippen LogP contribution in [0.3, 0.4) is 0 Å². The van der Waals surface area contributed by atoms with Crippen molar-refractivity contribution in [3.8, 4) is 0 Å². The Bertz CT molecular complexity index is 1850. The molecule has 8 aliphatic rings. The number of aliphatic hydroxyl groups excluding tert-OH is 9. The van der Waals surface area contributed by atoms with Crippen molar-refractivity contribution in [3.05, 3.63) is 11.6 Å². The zero-order chi connectivity index (χ0) is 48.4. The highest BCUT2D eigenvalue weighted by molar-refractivity contribution is 5.74. The van der Waals surface area contributed by atoms with Gasteiger partial charge >= 0.3 is 11.9 Å². The lowest BCUT2D eigenvalue weighted by molar-refractivity contribution is -0.393. The molecule has 0 bridgehead atoms. The van der Waals surface area contributed by atoms with Crippen molar-refractivity contribution in [2.24, 2.45) is 50.7 Å². The van der Waals surface area contributed by atoms with Gasteiger partial charge in [0.05, 0.1) is 24.9 Å². The number of fused-ring (bicyclic) bond motifs is 7. The molecular weight excluding hydrogens is 868 g/mol. The minimum atomic E-state index is -2.15. The Morgan fingerprint density at radius 1 is 0.652 bits per heavy atom. The van der Waals surface area contributed by atoms with Gasteiger partial charge in [-0.2, -0.15) is 0 Å². The van der Waals surface area contributed by atoms with Gasteiger partial charge in [-0.05, 0) is 110 Å². The fourth-order valence-electron chi connectivity index (χ4n) is 15.0. The molecule has 7 fully saturated rings. The van der Waals surface area contributed by atoms with E-state index in [1.54, 1.807) is 0 Å². The number of rotatable bonds is 9. The molecule has 0 spiro atoms. The normalized spacial score (nSPS) is 54.7. The summed E-state index contributed by atoms with van der Waals surface area (Å²) in [7, 11) is 0. The second kappa shape index (κ2) is 17.7. The van der Waals surface area contributed by atoms with Gasteiger partial charge in [-0.25, -0.2) is 9.59 Å². The van der Waals surface area contributed by atoms with Gasteiger partial charge in [0.25, 0.3) is 0 Å². The molecule has 0 aromatic heterocycles. The van der Waals surface area contributed by atoms with Crippen molar-refractivity contribution in [1.29, 1.82) is 0 Å². The van der Waals surface area contributed by atoms with Crippen LogP contribution in [0.1, 0.15) is 106 Å². The number of hydrogen-bond donors (Lipinski definition) is 11. The van der Waals surface area contributed by atoms with E-state index in [1.807, 2.05) is 6.92 Å². The molecule has 4 saturated carbocycles. The van der Waals surface area contributed by atoms with Gasteiger partial charge < -0.3 is 84.6 Å². The van der Waals surface area contributed by atoms with Gasteiger partial charge in [0.1, 0.15) is 54.9 Å². The Hall–Kier alpha value is -1.92. The van der Waals surface area contributed by atoms with Crippen molar-refractivity contribution in [3.63, 3.8) is 0 Å². The summed E-state index contributed by atoms with van der Waals surface area (Å²) in [5.74, 6) is -2.70. The highest BCUT2D eigenvalue weighted by Gasteiger charge is 2.69. The smallest absolute Gasteiger partial charge is 0.335 e. The van der Waals surface area contributed by atoms with Crippen LogP contribution >= 0.6 is 0 Å². The Morgan fingerprint density at radius 2 is 1.23 bits per heavy atom. The molecule has 5 aliphatic carbocycles. The van der Waals surface area contributed by atoms with Crippen molar-refractivity contribution < 1.29 is 94.2 Å². The molecule has 66 heavy (non-hydrogen) atoms. The van der Waals surface area contributed by atoms with E-state index in [4.69, 9.17) is 28.4 Å². The van der Waals surface area contributed by atoms with Crippen LogP contribution in [0.15, 0.2) is 11.6 Å². The zero-order valence-corrected chi connectivity index (χ0v) is 39.0. The van der Waals surface area contributed by atoms with Crippen LogP contribution in [0.2, 0.25) is 0 Å². The van der Waals surface area contributed by atoms with E-state index in [-0.39, 0.29) is 52.1 Å². The summed E-state index contributed by atoms with van der Waals surface area (Å²) >= 11 is 0. The maximum Gasteiger partial charge on any atom is 0.335 e. The van der Waals surface area contributed by atoms with Crippen molar-refractivity contribution in [2.45, 2.75) is 211 Å². The highest BCUT2D eigenvalue weighted by Crippen LogP contribution is 2.74. The Kier molecular flexibility index (Phi) is 13.6. The molecule has 8 rings (SSSR count). The monoisotopic (exact) mass is 942 g/mol. The van der Waals surface area contributed by atoms with E-state index in [0.717, 1.165) is 44.9 Å². The van der Waals surface area contributed by atoms with E-state index < -0.39 is 116 Å². The average Bonchev–Trinajstić information content (AvgIpc) is 3.24. The maximum atomic E-state index is 12.5. The fraction of sp³-hybridized carbons (Fsp3) is 0.915. The predicted molar refractivity (Wildman–Crippen MR) is 226 cm³/mol. The first-order valence-electron chi connectivity index (χ1n) is 23.9. The first-order valence-corrected chi connectivity index (χ1v) is 23.9. The molecule has 0 unspecified atom stereocenters. The van der Waals surface area contributed by atoms with Crippen LogP contribution in [0.5, 0.6) is 0 Å². The van der Waals surface area contributed by atoms with Crippen LogP contribution in [-0.2, 0) is 38.0 Å². The minimum Gasteiger partial charge on any atom is -0.479 e. The number of ether oxygens (including phenoxy) is 6. The topological polar surface area (TPSA) is 312 Å². The molecule has 3 heterocycles. The fourth-order valence-corrected chi connectivity index (χ4v) is 15.0. The van der Waals surface area contributed by atoms with E-state index in [2.05, 4.69) is 40.7 Å². The molecule has 376 valence electrons. The summed E-state index contributed by atoms with van der Waals surface area (Å²) in [6.07, 6.45) is -20.1. The SMILES string of the molecule is C[C@@H]1O[C@H](O[C@@H]2[C@@H](O[C@@H]3[C@@H](O[C@H]4CC[C@@]5(C)[C@@H](CC[C@]6(C)[C@@H]5CC=C5[C@H]7CC(C)(C)C[C@H](O)[C@H]7CC[C@]56C)[C@]4(C)CO)O[C@@H](C(=O)O)[C@H](O)[C@H]3O)O[C@@H](C(=O)O)[C@H](O)[C@H]2O)[C@@H](O)[C@H](O)[C@H]1O. The second-order valence-corrected chi connectivity index (χ2v) is 22.9. The molecule has 3 aliphatic heterocycles. The van der Waals surface area contributed by atoms with Crippen molar-refractivity contribution in [1.82, 2.24) is 0 Å². The molecule has 0 aromatic carbocycles. The number of aliphatic hydroxyl groups is 9. The molecule has 0 radical (unpaired) electrons. The Labute approximate surface area is 385 Å². The first-order chi connectivity index (χ1) is 30.7. The van der Waals surface area contributed by atoms with E-state index in [9.17, 15) is 65.8 Å². The summed E-state index contributed by atoms with van der Waals surface area (Å²) in [5.41, 5.74) is 0.0535. The zero-order valence-electron chi connectivity index (χ0n) is 39.0. The van der Waals surface area contributed by atoms with Crippen molar-refractivity contribution >= 4 is 11.9 Å². The molecule has 19 heteroatoms. The predicted octanol–water partition coefficient (Wildman–Crippen LogP) is 0.407. The molecule has 11 N–H and O–H groups in total. The molecule has 0 aromatic rings. The largest absolute Gasteiger partial charge is 0.479 e. The van der Waals surface area contributed by atoms with E-state index in [0.29, 0.717) is 18.8 Å². The lowest BCUT2D eigenvalue weighted by Gasteiger charge is -2.71. The third-order valence-electron chi connectivity index (χ3n) is 18.8. The Morgan fingerprint density at radius 3 is 1.80 bits per heavy atom. The second-order valence-electron chi connectivity index (χ2n) is 22.9. The van der Waals surface area contributed by atoms with Crippen molar-refractivity contribution in [2.75, 3.05) is 6.61 Å². The van der Waals surface area contributed by atoms with E-state index >= 15 is 0 Å². The highest BCUT2D eigenvalue weighted by atomic mass is 16.8. The van der Waals surface area contributed by atoms with Gasteiger partial charge in [0.2, 0.25) is 0 Å².